The Labute approximate surface area is 113 Å². The van der Waals surface area contributed by atoms with Crippen molar-refractivity contribution in [2.75, 3.05) is 13.1 Å². The summed E-state index contributed by atoms with van der Waals surface area (Å²) in [7, 11) is 0. The summed E-state index contributed by atoms with van der Waals surface area (Å²) in [6.07, 6.45) is 3.54. The molecule has 0 amide bonds. The van der Waals surface area contributed by atoms with Gasteiger partial charge in [0.15, 0.2) is 0 Å². The van der Waals surface area contributed by atoms with Crippen LogP contribution in [-0.2, 0) is 0 Å². The second-order valence-electron chi connectivity index (χ2n) is 5.98. The summed E-state index contributed by atoms with van der Waals surface area (Å²) >= 11 is 0. The summed E-state index contributed by atoms with van der Waals surface area (Å²) in [6.45, 7) is 12.8. The van der Waals surface area contributed by atoms with Crippen molar-refractivity contribution in [2.24, 2.45) is 5.92 Å². The highest BCUT2D eigenvalue weighted by molar-refractivity contribution is 5.17. The van der Waals surface area contributed by atoms with Crippen molar-refractivity contribution in [3.8, 4) is 6.07 Å². The first kappa shape index (κ1) is 15.5. The van der Waals surface area contributed by atoms with Crippen LogP contribution >= 0.6 is 0 Å². The maximum atomic E-state index is 9.70. The second-order valence-corrected chi connectivity index (χ2v) is 5.98. The molecule has 0 bridgehead atoms. The van der Waals surface area contributed by atoms with Crippen molar-refractivity contribution in [3.05, 3.63) is 0 Å². The highest BCUT2D eigenvalue weighted by Crippen LogP contribution is 2.40. The molecule has 0 radical (unpaired) electrons. The van der Waals surface area contributed by atoms with Crippen LogP contribution < -0.4 is 5.32 Å². The fourth-order valence-electron chi connectivity index (χ4n) is 2.70. The molecule has 0 spiro atoms. The zero-order valence-corrected chi connectivity index (χ0v) is 12.7. The Morgan fingerprint density at radius 1 is 1.33 bits per heavy atom. The first-order chi connectivity index (χ1) is 8.49. The van der Waals surface area contributed by atoms with Gasteiger partial charge in [0.2, 0.25) is 0 Å². The van der Waals surface area contributed by atoms with Crippen molar-refractivity contribution < 1.29 is 0 Å². The quantitative estimate of drug-likeness (QED) is 0.721. The maximum absolute atomic E-state index is 9.70. The van der Waals surface area contributed by atoms with Gasteiger partial charge in [-0.25, -0.2) is 0 Å². The van der Waals surface area contributed by atoms with Crippen LogP contribution in [0.4, 0.5) is 0 Å². The Bertz CT molecular complexity index is 291. The molecule has 1 N–H and O–H groups in total. The maximum Gasteiger partial charge on any atom is 0.122 e. The molecule has 1 aliphatic carbocycles. The second kappa shape index (κ2) is 6.54. The minimum absolute atomic E-state index is 0.340. The van der Waals surface area contributed by atoms with E-state index in [0.717, 1.165) is 19.5 Å². The molecule has 3 nitrogen and oxygen atoms in total. The molecule has 18 heavy (non-hydrogen) atoms. The number of likely N-dealkylation sites (N-methyl/N-ethyl adjacent to an activating group) is 1. The van der Waals surface area contributed by atoms with Crippen LogP contribution in [0.3, 0.4) is 0 Å². The third-order valence-electron chi connectivity index (χ3n) is 4.09. The van der Waals surface area contributed by atoms with Gasteiger partial charge in [-0.1, -0.05) is 13.8 Å². The van der Waals surface area contributed by atoms with Gasteiger partial charge in [-0.3, -0.25) is 10.2 Å². The summed E-state index contributed by atoms with van der Waals surface area (Å²) in [6, 6.07) is 3.51. The molecule has 2 atom stereocenters. The van der Waals surface area contributed by atoms with Crippen molar-refractivity contribution >= 4 is 0 Å². The molecule has 1 rings (SSSR count). The SMILES string of the molecule is CCC(C)N(CC)CC(C#N)(NC(C)C)C1CC1. The molecule has 2 unspecified atom stereocenters. The number of nitriles is 1. The van der Waals surface area contributed by atoms with E-state index in [1.807, 2.05) is 0 Å². The predicted octanol–water partition coefficient (Wildman–Crippen LogP) is 2.78. The van der Waals surface area contributed by atoms with Crippen molar-refractivity contribution in [1.82, 2.24) is 10.2 Å². The van der Waals surface area contributed by atoms with Crippen LogP contribution in [0.25, 0.3) is 0 Å². The molecule has 0 aromatic rings. The van der Waals surface area contributed by atoms with Crippen molar-refractivity contribution in [1.29, 1.82) is 5.26 Å². The average Bonchev–Trinajstić information content (AvgIpc) is 3.17. The summed E-state index contributed by atoms with van der Waals surface area (Å²) < 4.78 is 0. The molecule has 0 aliphatic heterocycles. The summed E-state index contributed by atoms with van der Waals surface area (Å²) in [5.74, 6) is 0.544. The zero-order valence-electron chi connectivity index (χ0n) is 12.7. The van der Waals surface area contributed by atoms with Crippen LogP contribution in [0, 0.1) is 17.2 Å². The Balaban J connectivity index is 2.80. The summed E-state index contributed by atoms with van der Waals surface area (Å²) in [4.78, 5) is 2.44. The van der Waals surface area contributed by atoms with E-state index in [1.165, 1.54) is 12.8 Å². The normalized spacial score (nSPS) is 20.8. The minimum Gasteiger partial charge on any atom is -0.298 e. The Hall–Kier alpha value is -0.590. The first-order valence-corrected chi connectivity index (χ1v) is 7.42. The Kier molecular flexibility index (Phi) is 5.62. The predicted molar refractivity (Wildman–Crippen MR) is 76.3 cm³/mol. The fraction of sp³-hybridized carbons (Fsp3) is 0.933. The molecule has 1 saturated carbocycles. The van der Waals surface area contributed by atoms with Gasteiger partial charge in [-0.2, -0.15) is 5.26 Å². The minimum atomic E-state index is -0.340. The lowest BCUT2D eigenvalue weighted by atomic mass is 9.92. The molecular formula is C15H29N3. The third-order valence-corrected chi connectivity index (χ3v) is 4.09. The number of nitrogens with zero attached hydrogens (tertiary/aromatic N) is 2. The van der Waals surface area contributed by atoms with E-state index in [9.17, 15) is 5.26 Å². The molecular weight excluding hydrogens is 222 g/mol. The van der Waals surface area contributed by atoms with E-state index in [1.54, 1.807) is 0 Å². The van der Waals surface area contributed by atoms with Crippen molar-refractivity contribution in [3.63, 3.8) is 0 Å². The smallest absolute Gasteiger partial charge is 0.122 e. The highest BCUT2D eigenvalue weighted by atomic mass is 15.2. The number of rotatable bonds is 8. The van der Waals surface area contributed by atoms with E-state index in [0.29, 0.717) is 18.0 Å². The molecule has 1 fully saturated rings. The van der Waals surface area contributed by atoms with Gasteiger partial charge in [0, 0.05) is 18.6 Å². The number of hydrogen-bond donors (Lipinski definition) is 1. The van der Waals surface area contributed by atoms with Crippen LogP contribution in [-0.4, -0.2) is 35.6 Å². The van der Waals surface area contributed by atoms with E-state index < -0.39 is 0 Å². The fourth-order valence-corrected chi connectivity index (χ4v) is 2.70. The number of nitrogens with one attached hydrogen (secondary N) is 1. The highest BCUT2D eigenvalue weighted by Gasteiger charge is 2.47. The van der Waals surface area contributed by atoms with E-state index in [-0.39, 0.29) is 5.54 Å². The molecule has 0 heterocycles. The molecule has 1 aliphatic rings. The van der Waals surface area contributed by atoms with Crippen LogP contribution in [0.5, 0.6) is 0 Å². The van der Waals surface area contributed by atoms with Gasteiger partial charge in [0.1, 0.15) is 5.54 Å². The molecule has 0 aromatic heterocycles. The monoisotopic (exact) mass is 251 g/mol. The van der Waals surface area contributed by atoms with Crippen molar-refractivity contribution in [2.45, 2.75) is 71.5 Å². The van der Waals surface area contributed by atoms with Crippen LogP contribution in [0.2, 0.25) is 0 Å². The van der Waals surface area contributed by atoms with Gasteiger partial charge >= 0.3 is 0 Å². The van der Waals surface area contributed by atoms with E-state index >= 15 is 0 Å². The third kappa shape index (κ3) is 3.70. The molecule has 104 valence electrons. The Morgan fingerprint density at radius 3 is 2.28 bits per heavy atom. The topological polar surface area (TPSA) is 39.1 Å². The molecule has 3 heteroatoms. The van der Waals surface area contributed by atoms with E-state index in [4.69, 9.17) is 0 Å². The summed E-state index contributed by atoms with van der Waals surface area (Å²) in [5, 5.41) is 13.2. The van der Waals surface area contributed by atoms with Gasteiger partial charge in [-0.15, -0.1) is 0 Å². The van der Waals surface area contributed by atoms with E-state index in [2.05, 4.69) is 50.9 Å². The average molecular weight is 251 g/mol. The number of hydrogen-bond acceptors (Lipinski definition) is 3. The first-order valence-electron chi connectivity index (χ1n) is 7.42. The Morgan fingerprint density at radius 2 is 1.94 bits per heavy atom. The van der Waals surface area contributed by atoms with Gasteiger partial charge < -0.3 is 0 Å². The molecule has 0 saturated heterocycles. The van der Waals surface area contributed by atoms with Crippen LogP contribution in [0.15, 0.2) is 0 Å². The lowest BCUT2D eigenvalue weighted by Crippen LogP contribution is -2.57. The largest absolute Gasteiger partial charge is 0.298 e. The molecule has 0 aromatic carbocycles. The zero-order chi connectivity index (χ0) is 13.8. The van der Waals surface area contributed by atoms with Crippen LogP contribution in [0.1, 0.15) is 53.9 Å². The van der Waals surface area contributed by atoms with Gasteiger partial charge in [0.05, 0.1) is 6.07 Å². The standard InChI is InChI=1S/C15H29N3/c1-6-13(5)18(7-2)11-15(10-16,14-8-9-14)17-12(3)4/h12-14,17H,6-9,11H2,1-5H3. The van der Waals surface area contributed by atoms with Gasteiger partial charge in [-0.05, 0) is 52.5 Å². The lowest BCUT2D eigenvalue weighted by molar-refractivity contribution is 0.151. The van der Waals surface area contributed by atoms with Gasteiger partial charge in [0.25, 0.3) is 0 Å². The lowest BCUT2D eigenvalue weighted by Gasteiger charge is -2.38. The summed E-state index contributed by atoms with van der Waals surface area (Å²) in [5.41, 5.74) is -0.340.